The van der Waals surface area contributed by atoms with Crippen LogP contribution >= 0.6 is 0 Å². The van der Waals surface area contributed by atoms with E-state index in [1.807, 2.05) is 9.80 Å². The molecule has 0 radical (unpaired) electrons. The molecule has 33 heavy (non-hydrogen) atoms. The fourth-order valence-electron chi connectivity index (χ4n) is 3.78. The van der Waals surface area contributed by atoms with Crippen LogP contribution in [0.2, 0.25) is 0 Å². The zero-order valence-electron chi connectivity index (χ0n) is 19.6. The summed E-state index contributed by atoms with van der Waals surface area (Å²) in [6.45, 7) is 10.8. The Bertz CT molecular complexity index is 722. The molecule has 0 aromatic carbocycles. The number of rotatable bonds is 12. The third-order valence-corrected chi connectivity index (χ3v) is 7.16. The summed E-state index contributed by atoms with van der Waals surface area (Å²) < 4.78 is 59.6. The fraction of sp³-hybridized carbons (Fsp3) is 1.00. The van der Waals surface area contributed by atoms with Gasteiger partial charge in [-0.15, -0.1) is 0 Å². The average molecular weight is 519 g/mol. The van der Waals surface area contributed by atoms with Gasteiger partial charge in [0, 0.05) is 78.5 Å². The lowest BCUT2D eigenvalue weighted by atomic mass is 10.2. The van der Waals surface area contributed by atoms with Crippen LogP contribution in [0.25, 0.3) is 0 Å². The van der Waals surface area contributed by atoms with Crippen molar-refractivity contribution in [2.24, 2.45) is 0 Å². The number of β-amino-alcohol motifs (C(OH)–C–C–N with tert-alkyl or cyclic N) is 2. The van der Waals surface area contributed by atoms with Crippen molar-refractivity contribution in [2.75, 3.05) is 96.6 Å². The first-order valence-electron chi connectivity index (χ1n) is 11.5. The zero-order chi connectivity index (χ0) is 24.9. The van der Waals surface area contributed by atoms with Crippen molar-refractivity contribution in [1.82, 2.24) is 19.6 Å². The van der Waals surface area contributed by atoms with E-state index in [1.165, 1.54) is 0 Å². The minimum Gasteiger partial charge on any atom is -0.395 e. The van der Waals surface area contributed by atoms with Crippen molar-refractivity contribution in [3.05, 3.63) is 0 Å². The zero-order valence-corrected chi connectivity index (χ0v) is 21.3. The van der Waals surface area contributed by atoms with E-state index in [0.717, 1.165) is 65.2 Å². The van der Waals surface area contributed by atoms with Gasteiger partial charge < -0.3 is 10.2 Å². The molecule has 2 aliphatic heterocycles. The average Bonchev–Trinajstić information content (AvgIpc) is 2.72. The van der Waals surface area contributed by atoms with Crippen LogP contribution in [0.3, 0.4) is 0 Å². The Morgan fingerprint density at radius 1 is 0.697 bits per heavy atom. The Labute approximate surface area is 198 Å². The molecule has 4 N–H and O–H groups in total. The number of aliphatic hydroxyl groups excluding tert-OH is 2. The molecule has 0 amide bonds. The summed E-state index contributed by atoms with van der Waals surface area (Å²) in [6.07, 6.45) is 1.54. The minimum absolute atomic E-state index is 0.158. The topological polar surface area (TPSA) is 162 Å². The quantitative estimate of drug-likeness (QED) is 0.213. The van der Waals surface area contributed by atoms with Gasteiger partial charge in [-0.3, -0.25) is 28.7 Å². The number of hydrogen-bond acceptors (Lipinski definition) is 10. The van der Waals surface area contributed by atoms with Crippen molar-refractivity contribution in [3.8, 4) is 0 Å². The van der Waals surface area contributed by atoms with Gasteiger partial charge in [-0.2, -0.15) is 16.8 Å². The van der Waals surface area contributed by atoms with Crippen LogP contribution in [0.1, 0.15) is 19.8 Å². The van der Waals surface area contributed by atoms with Gasteiger partial charge in [0.15, 0.2) is 0 Å². The molecule has 0 saturated carbocycles. The van der Waals surface area contributed by atoms with Gasteiger partial charge in [0.1, 0.15) is 0 Å². The summed E-state index contributed by atoms with van der Waals surface area (Å²) in [5.41, 5.74) is 0. The molecule has 12 nitrogen and oxygen atoms in total. The van der Waals surface area contributed by atoms with Crippen LogP contribution in [-0.2, 0) is 20.2 Å². The van der Waals surface area contributed by atoms with Crippen LogP contribution in [0.15, 0.2) is 0 Å². The maximum absolute atomic E-state index is 10.6. The maximum Gasteiger partial charge on any atom is 0.266 e. The van der Waals surface area contributed by atoms with Crippen molar-refractivity contribution in [1.29, 1.82) is 0 Å². The second-order valence-corrected chi connectivity index (χ2v) is 11.7. The predicted molar refractivity (Wildman–Crippen MR) is 127 cm³/mol. The van der Waals surface area contributed by atoms with Gasteiger partial charge in [-0.25, -0.2) is 0 Å². The highest BCUT2D eigenvalue weighted by molar-refractivity contribution is 7.86. The first kappa shape index (κ1) is 30.6. The lowest BCUT2D eigenvalue weighted by molar-refractivity contribution is 0.0701. The molecular weight excluding hydrogens is 476 g/mol. The Balaban J connectivity index is 0.000000335. The summed E-state index contributed by atoms with van der Waals surface area (Å²) in [7, 11) is -7.70. The van der Waals surface area contributed by atoms with Crippen molar-refractivity contribution < 1.29 is 36.2 Å². The van der Waals surface area contributed by atoms with Gasteiger partial charge >= 0.3 is 0 Å². The second-order valence-electron chi connectivity index (χ2n) is 8.56. The normalized spacial score (nSPS) is 20.9. The van der Waals surface area contributed by atoms with E-state index in [1.54, 1.807) is 0 Å². The molecular formula is C19H42N4O8S2. The van der Waals surface area contributed by atoms with Gasteiger partial charge in [0.05, 0.1) is 24.2 Å². The summed E-state index contributed by atoms with van der Waals surface area (Å²) >= 11 is 0. The van der Waals surface area contributed by atoms with E-state index in [2.05, 4.69) is 16.7 Å². The monoisotopic (exact) mass is 518 g/mol. The van der Waals surface area contributed by atoms with E-state index in [4.69, 9.17) is 14.2 Å². The molecule has 1 atom stereocenters. The second kappa shape index (κ2) is 15.5. The van der Waals surface area contributed by atoms with Gasteiger partial charge in [-0.05, 0) is 6.42 Å². The number of nitrogens with zero attached hydrogens (tertiary/aromatic N) is 4. The smallest absolute Gasteiger partial charge is 0.266 e. The SMILES string of the molecule is CCCC(O)CN1CCN(CCS(=O)(=O)O)CC1.O=S(=O)(O)CCN1CCN(CCO)CC1. The van der Waals surface area contributed by atoms with E-state index in [-0.39, 0.29) is 24.2 Å². The Kier molecular flexibility index (Phi) is 14.4. The first-order chi connectivity index (χ1) is 15.4. The summed E-state index contributed by atoms with van der Waals surface area (Å²) in [5.74, 6) is -0.404. The standard InChI is InChI=1S/C11H24N2O4S.C8H18N2O4S/c1-2-3-11(14)10-13-6-4-12(5-7-13)8-9-18(15,16)17;11-7-5-9-1-3-10(4-2-9)6-8-15(12,13)14/h11,14H,2-10H2,1H3,(H,15,16,17);11H,1-8H2,(H,12,13,14). The predicted octanol–water partition coefficient (Wildman–Crippen LogP) is -1.86. The van der Waals surface area contributed by atoms with Crippen LogP contribution in [-0.4, -0.2) is 159 Å². The molecule has 2 rings (SSSR count). The molecule has 0 spiro atoms. The lowest BCUT2D eigenvalue weighted by Gasteiger charge is -2.35. The highest BCUT2D eigenvalue weighted by Crippen LogP contribution is 2.06. The van der Waals surface area contributed by atoms with Gasteiger partial charge in [0.2, 0.25) is 0 Å². The van der Waals surface area contributed by atoms with Crippen molar-refractivity contribution in [2.45, 2.75) is 25.9 Å². The lowest BCUT2D eigenvalue weighted by Crippen LogP contribution is -2.49. The Morgan fingerprint density at radius 2 is 1.06 bits per heavy atom. The Hall–Kier alpha value is -0.420. The largest absolute Gasteiger partial charge is 0.395 e. The molecule has 0 bridgehead atoms. The molecule has 0 aromatic heterocycles. The molecule has 198 valence electrons. The van der Waals surface area contributed by atoms with Crippen LogP contribution in [0.5, 0.6) is 0 Å². The number of hydrogen-bond donors (Lipinski definition) is 4. The summed E-state index contributed by atoms with van der Waals surface area (Å²) in [6, 6.07) is 0. The molecule has 1 unspecified atom stereocenters. The first-order valence-corrected chi connectivity index (χ1v) is 14.7. The fourth-order valence-corrected chi connectivity index (χ4v) is 4.76. The summed E-state index contributed by atoms with van der Waals surface area (Å²) in [4.78, 5) is 8.35. The van der Waals surface area contributed by atoms with E-state index >= 15 is 0 Å². The van der Waals surface area contributed by atoms with Gasteiger partial charge in [-0.1, -0.05) is 13.3 Å². The highest BCUT2D eigenvalue weighted by Gasteiger charge is 2.20. The van der Waals surface area contributed by atoms with Crippen LogP contribution < -0.4 is 0 Å². The van der Waals surface area contributed by atoms with E-state index in [9.17, 15) is 21.9 Å². The summed E-state index contributed by atoms with van der Waals surface area (Å²) in [5, 5.41) is 18.4. The highest BCUT2D eigenvalue weighted by atomic mass is 32.2. The maximum atomic E-state index is 10.6. The third-order valence-electron chi connectivity index (χ3n) is 5.77. The minimum atomic E-state index is -3.86. The van der Waals surface area contributed by atoms with E-state index in [0.29, 0.717) is 26.2 Å². The Morgan fingerprint density at radius 3 is 1.39 bits per heavy atom. The number of aliphatic hydroxyl groups is 2. The van der Waals surface area contributed by atoms with Crippen molar-refractivity contribution in [3.63, 3.8) is 0 Å². The van der Waals surface area contributed by atoms with Crippen LogP contribution in [0.4, 0.5) is 0 Å². The molecule has 2 saturated heterocycles. The molecule has 0 aromatic rings. The number of piperazine rings is 2. The van der Waals surface area contributed by atoms with Crippen molar-refractivity contribution >= 4 is 20.2 Å². The van der Waals surface area contributed by atoms with Crippen LogP contribution in [0, 0.1) is 0 Å². The molecule has 2 aliphatic rings. The van der Waals surface area contributed by atoms with E-state index < -0.39 is 20.2 Å². The molecule has 14 heteroatoms. The molecule has 0 aliphatic carbocycles. The molecule has 2 fully saturated rings. The third kappa shape index (κ3) is 16.0. The molecule has 2 heterocycles. The van der Waals surface area contributed by atoms with Gasteiger partial charge in [0.25, 0.3) is 20.2 Å².